The standard InChI is InChI=1S/C14H29N3/c1-16-10-3-4-14(7-11-16)17(2)12-13-5-8-15-9-6-13/h13-15H,3-12H2,1-2H3. The lowest BCUT2D eigenvalue weighted by atomic mass is 9.96. The van der Waals surface area contributed by atoms with Gasteiger partial charge in [-0.3, -0.25) is 0 Å². The van der Waals surface area contributed by atoms with Crippen LogP contribution in [0.5, 0.6) is 0 Å². The molecule has 2 saturated heterocycles. The molecule has 0 aliphatic carbocycles. The minimum atomic E-state index is 0.829. The molecule has 100 valence electrons. The fourth-order valence-electron chi connectivity index (χ4n) is 3.28. The Morgan fingerprint density at radius 2 is 1.88 bits per heavy atom. The second-order valence-corrected chi connectivity index (χ2v) is 6.02. The molecule has 1 atom stereocenters. The Balaban J connectivity index is 1.75. The molecule has 2 heterocycles. The average molecular weight is 239 g/mol. The lowest BCUT2D eigenvalue weighted by Crippen LogP contribution is -2.39. The fourth-order valence-corrected chi connectivity index (χ4v) is 3.28. The van der Waals surface area contributed by atoms with Gasteiger partial charge in [0.05, 0.1) is 0 Å². The van der Waals surface area contributed by atoms with E-state index >= 15 is 0 Å². The zero-order valence-electron chi connectivity index (χ0n) is 11.6. The summed E-state index contributed by atoms with van der Waals surface area (Å²) in [7, 11) is 4.60. The van der Waals surface area contributed by atoms with Crippen LogP contribution in [0.25, 0.3) is 0 Å². The van der Waals surface area contributed by atoms with E-state index in [4.69, 9.17) is 0 Å². The maximum Gasteiger partial charge on any atom is 0.0105 e. The second-order valence-electron chi connectivity index (χ2n) is 6.02. The molecule has 2 rings (SSSR count). The van der Waals surface area contributed by atoms with Crippen molar-refractivity contribution < 1.29 is 0 Å². The first-order valence-electron chi connectivity index (χ1n) is 7.35. The SMILES string of the molecule is CN1CCCC(N(C)CC2CCNCC2)CC1. The highest BCUT2D eigenvalue weighted by molar-refractivity contribution is 4.78. The smallest absolute Gasteiger partial charge is 0.0105 e. The van der Waals surface area contributed by atoms with Gasteiger partial charge < -0.3 is 15.1 Å². The van der Waals surface area contributed by atoms with Crippen LogP contribution in [0.4, 0.5) is 0 Å². The predicted molar refractivity (Wildman–Crippen MR) is 73.4 cm³/mol. The van der Waals surface area contributed by atoms with Crippen molar-refractivity contribution in [3.05, 3.63) is 0 Å². The Bertz CT molecular complexity index is 214. The minimum absolute atomic E-state index is 0.829. The Labute approximate surface area is 107 Å². The molecule has 0 amide bonds. The molecule has 0 bridgehead atoms. The van der Waals surface area contributed by atoms with Crippen LogP contribution in [0.1, 0.15) is 32.1 Å². The Kier molecular flexibility index (Phi) is 5.26. The minimum Gasteiger partial charge on any atom is -0.317 e. The third-order valence-corrected chi connectivity index (χ3v) is 4.55. The fraction of sp³-hybridized carbons (Fsp3) is 1.00. The molecule has 0 aromatic rings. The van der Waals surface area contributed by atoms with Gasteiger partial charge in [-0.15, -0.1) is 0 Å². The molecule has 0 aromatic heterocycles. The number of nitrogens with zero attached hydrogens (tertiary/aromatic N) is 2. The maximum absolute atomic E-state index is 3.46. The highest BCUT2D eigenvalue weighted by atomic mass is 15.2. The molecular weight excluding hydrogens is 210 g/mol. The van der Waals surface area contributed by atoms with E-state index in [0.717, 1.165) is 12.0 Å². The molecule has 2 fully saturated rings. The molecule has 2 aliphatic heterocycles. The molecule has 1 N–H and O–H groups in total. The van der Waals surface area contributed by atoms with Gasteiger partial charge in [0.2, 0.25) is 0 Å². The van der Waals surface area contributed by atoms with E-state index in [-0.39, 0.29) is 0 Å². The number of hydrogen-bond acceptors (Lipinski definition) is 3. The lowest BCUT2D eigenvalue weighted by Gasteiger charge is -2.32. The van der Waals surface area contributed by atoms with E-state index in [1.165, 1.54) is 64.8 Å². The number of rotatable bonds is 3. The third-order valence-electron chi connectivity index (χ3n) is 4.55. The van der Waals surface area contributed by atoms with Gasteiger partial charge in [0, 0.05) is 12.6 Å². The summed E-state index contributed by atoms with van der Waals surface area (Å²) < 4.78 is 0. The number of hydrogen-bond donors (Lipinski definition) is 1. The first-order valence-corrected chi connectivity index (χ1v) is 7.35. The molecule has 1 unspecified atom stereocenters. The molecule has 0 aromatic carbocycles. The molecular formula is C14H29N3. The molecule has 0 radical (unpaired) electrons. The van der Waals surface area contributed by atoms with Crippen molar-refractivity contribution in [2.75, 3.05) is 46.8 Å². The van der Waals surface area contributed by atoms with E-state index in [9.17, 15) is 0 Å². The van der Waals surface area contributed by atoms with E-state index in [1.807, 2.05) is 0 Å². The van der Waals surface area contributed by atoms with Gasteiger partial charge in [-0.25, -0.2) is 0 Å². The van der Waals surface area contributed by atoms with Crippen molar-refractivity contribution in [2.24, 2.45) is 5.92 Å². The van der Waals surface area contributed by atoms with Crippen LogP contribution >= 0.6 is 0 Å². The highest BCUT2D eigenvalue weighted by Crippen LogP contribution is 2.19. The second kappa shape index (κ2) is 6.72. The molecule has 0 saturated carbocycles. The number of likely N-dealkylation sites (tertiary alicyclic amines) is 1. The topological polar surface area (TPSA) is 18.5 Å². The first kappa shape index (κ1) is 13.3. The van der Waals surface area contributed by atoms with Crippen molar-refractivity contribution in [3.8, 4) is 0 Å². The van der Waals surface area contributed by atoms with Gasteiger partial charge >= 0.3 is 0 Å². The van der Waals surface area contributed by atoms with Gasteiger partial charge in [0.25, 0.3) is 0 Å². The zero-order chi connectivity index (χ0) is 12.1. The van der Waals surface area contributed by atoms with Gasteiger partial charge in [0.15, 0.2) is 0 Å². The van der Waals surface area contributed by atoms with Crippen molar-refractivity contribution in [2.45, 2.75) is 38.1 Å². The van der Waals surface area contributed by atoms with E-state index in [2.05, 4.69) is 29.2 Å². The summed E-state index contributed by atoms with van der Waals surface area (Å²) >= 11 is 0. The van der Waals surface area contributed by atoms with Crippen LogP contribution in [-0.4, -0.2) is 62.7 Å². The lowest BCUT2D eigenvalue weighted by molar-refractivity contribution is 0.172. The Morgan fingerprint density at radius 1 is 1.12 bits per heavy atom. The molecule has 17 heavy (non-hydrogen) atoms. The normalized spacial score (nSPS) is 29.5. The monoisotopic (exact) mass is 239 g/mol. The summed E-state index contributed by atoms with van der Waals surface area (Å²) in [6, 6.07) is 0.829. The summed E-state index contributed by atoms with van der Waals surface area (Å²) in [5, 5.41) is 3.46. The Hall–Kier alpha value is -0.120. The average Bonchev–Trinajstić information content (AvgIpc) is 2.55. The maximum atomic E-state index is 3.46. The summed E-state index contributed by atoms with van der Waals surface area (Å²) in [5.74, 6) is 0.933. The summed E-state index contributed by atoms with van der Waals surface area (Å²) in [6.45, 7) is 6.34. The van der Waals surface area contributed by atoms with Crippen LogP contribution < -0.4 is 5.32 Å². The van der Waals surface area contributed by atoms with Gasteiger partial charge in [-0.05, 0) is 78.3 Å². The highest BCUT2D eigenvalue weighted by Gasteiger charge is 2.22. The van der Waals surface area contributed by atoms with Crippen LogP contribution in [0, 0.1) is 5.92 Å². The molecule has 2 aliphatic rings. The quantitative estimate of drug-likeness (QED) is 0.803. The van der Waals surface area contributed by atoms with Crippen molar-refractivity contribution in [1.82, 2.24) is 15.1 Å². The predicted octanol–water partition coefficient (Wildman–Crippen LogP) is 1.40. The van der Waals surface area contributed by atoms with Crippen molar-refractivity contribution >= 4 is 0 Å². The van der Waals surface area contributed by atoms with Crippen LogP contribution in [-0.2, 0) is 0 Å². The molecule has 0 spiro atoms. The van der Waals surface area contributed by atoms with E-state index < -0.39 is 0 Å². The van der Waals surface area contributed by atoms with Crippen molar-refractivity contribution in [3.63, 3.8) is 0 Å². The van der Waals surface area contributed by atoms with E-state index in [1.54, 1.807) is 0 Å². The van der Waals surface area contributed by atoms with Crippen LogP contribution in [0.2, 0.25) is 0 Å². The zero-order valence-corrected chi connectivity index (χ0v) is 11.6. The van der Waals surface area contributed by atoms with Gasteiger partial charge in [0.1, 0.15) is 0 Å². The Morgan fingerprint density at radius 3 is 2.65 bits per heavy atom. The van der Waals surface area contributed by atoms with Crippen molar-refractivity contribution in [1.29, 1.82) is 0 Å². The van der Waals surface area contributed by atoms with Crippen LogP contribution in [0.3, 0.4) is 0 Å². The van der Waals surface area contributed by atoms with E-state index in [0.29, 0.717) is 0 Å². The summed E-state index contributed by atoms with van der Waals surface area (Å²) in [5.41, 5.74) is 0. The summed E-state index contributed by atoms with van der Waals surface area (Å²) in [6.07, 6.45) is 6.87. The number of nitrogens with one attached hydrogen (secondary N) is 1. The van der Waals surface area contributed by atoms with Gasteiger partial charge in [-0.1, -0.05) is 0 Å². The largest absolute Gasteiger partial charge is 0.317 e. The summed E-state index contributed by atoms with van der Waals surface area (Å²) in [4.78, 5) is 5.13. The van der Waals surface area contributed by atoms with Gasteiger partial charge in [-0.2, -0.15) is 0 Å². The third kappa shape index (κ3) is 4.23. The number of piperidine rings is 1. The molecule has 3 heteroatoms. The molecule has 3 nitrogen and oxygen atoms in total. The van der Waals surface area contributed by atoms with Crippen LogP contribution in [0.15, 0.2) is 0 Å². The first-order chi connectivity index (χ1) is 8.25.